The topological polar surface area (TPSA) is 71.1 Å². The number of benzene rings is 2. The molecule has 31 heavy (non-hydrogen) atoms. The molecule has 0 radical (unpaired) electrons. The first kappa shape index (κ1) is 19.9. The van der Waals surface area contributed by atoms with Gasteiger partial charge in [0, 0.05) is 17.0 Å². The maximum absolute atomic E-state index is 13.2. The minimum absolute atomic E-state index is 0.128. The highest BCUT2D eigenvalue weighted by molar-refractivity contribution is 7.17. The van der Waals surface area contributed by atoms with Crippen LogP contribution in [0.5, 0.6) is 0 Å². The third-order valence-corrected chi connectivity index (χ3v) is 7.51. The summed E-state index contributed by atoms with van der Waals surface area (Å²) in [6, 6.07) is 15.3. The Bertz CT molecular complexity index is 1260. The summed E-state index contributed by atoms with van der Waals surface area (Å²) in [5.41, 5.74) is 5.99. The Morgan fingerprint density at radius 2 is 1.84 bits per heavy atom. The van der Waals surface area contributed by atoms with Crippen molar-refractivity contribution in [1.29, 1.82) is 0 Å². The maximum atomic E-state index is 13.2. The average molecular weight is 448 g/mol. The van der Waals surface area contributed by atoms with Gasteiger partial charge in [0.25, 0.3) is 11.8 Å². The molecule has 0 spiro atoms. The molecule has 2 N–H and O–H groups in total. The molecule has 0 bridgehead atoms. The van der Waals surface area contributed by atoms with Gasteiger partial charge >= 0.3 is 0 Å². The zero-order valence-corrected chi connectivity index (χ0v) is 18.4. The number of nitrogens with zero attached hydrogens (tertiary/aromatic N) is 1. The summed E-state index contributed by atoms with van der Waals surface area (Å²) in [5.74, 6) is -0.331. The van der Waals surface area contributed by atoms with Crippen molar-refractivity contribution in [2.75, 3.05) is 5.32 Å². The summed E-state index contributed by atoms with van der Waals surface area (Å²) in [5, 5.41) is 6.70. The van der Waals surface area contributed by atoms with Crippen molar-refractivity contribution in [3.05, 3.63) is 81.2 Å². The number of hydrogen-bond donors (Lipinski definition) is 2. The fourth-order valence-corrected chi connectivity index (χ4v) is 5.93. The molecule has 2 amide bonds. The third kappa shape index (κ3) is 4.11. The SMILES string of the molecule is O=C(Nc1sc2c(c1C(=O)NCc1ccccc1)CCCC2)c1ccc2ncsc2c1. The van der Waals surface area contributed by atoms with Gasteiger partial charge in [-0.25, -0.2) is 4.98 Å². The highest BCUT2D eigenvalue weighted by Crippen LogP contribution is 2.38. The second kappa shape index (κ2) is 8.61. The van der Waals surface area contributed by atoms with E-state index in [1.54, 1.807) is 11.6 Å². The molecule has 1 aliphatic carbocycles. The van der Waals surface area contributed by atoms with E-state index in [0.29, 0.717) is 22.7 Å². The first-order chi connectivity index (χ1) is 15.2. The van der Waals surface area contributed by atoms with Crippen LogP contribution >= 0.6 is 22.7 Å². The molecule has 0 unspecified atom stereocenters. The molecular formula is C24H21N3O2S2. The van der Waals surface area contributed by atoms with Crippen molar-refractivity contribution in [3.8, 4) is 0 Å². The minimum atomic E-state index is -0.203. The van der Waals surface area contributed by atoms with E-state index in [2.05, 4.69) is 15.6 Å². The van der Waals surface area contributed by atoms with Gasteiger partial charge < -0.3 is 10.6 Å². The number of thiophene rings is 1. The van der Waals surface area contributed by atoms with Crippen LogP contribution in [0.15, 0.2) is 54.0 Å². The lowest BCUT2D eigenvalue weighted by molar-refractivity contribution is 0.0951. The van der Waals surface area contributed by atoms with Gasteiger partial charge in [-0.3, -0.25) is 9.59 Å². The van der Waals surface area contributed by atoms with Crippen molar-refractivity contribution < 1.29 is 9.59 Å². The number of carbonyl (C=O) groups is 2. The molecule has 0 aliphatic heterocycles. The van der Waals surface area contributed by atoms with Crippen molar-refractivity contribution in [3.63, 3.8) is 0 Å². The van der Waals surface area contributed by atoms with Crippen molar-refractivity contribution in [2.24, 2.45) is 0 Å². The van der Waals surface area contributed by atoms with E-state index in [1.165, 1.54) is 27.6 Å². The molecule has 5 rings (SSSR count). The van der Waals surface area contributed by atoms with Crippen LogP contribution < -0.4 is 10.6 Å². The predicted octanol–water partition coefficient (Wildman–Crippen LogP) is 5.42. The number of anilines is 1. The second-order valence-corrected chi connectivity index (χ2v) is 9.56. The summed E-state index contributed by atoms with van der Waals surface area (Å²) in [6.07, 6.45) is 4.02. The summed E-state index contributed by atoms with van der Waals surface area (Å²) < 4.78 is 0.971. The summed E-state index contributed by atoms with van der Waals surface area (Å²) >= 11 is 3.04. The normalized spacial score (nSPS) is 13.0. The predicted molar refractivity (Wildman–Crippen MR) is 126 cm³/mol. The molecule has 0 saturated heterocycles. The Morgan fingerprint density at radius 1 is 1.00 bits per heavy atom. The van der Waals surface area contributed by atoms with Gasteiger partial charge in [-0.15, -0.1) is 22.7 Å². The Balaban J connectivity index is 1.41. The second-order valence-electron chi connectivity index (χ2n) is 7.57. The summed E-state index contributed by atoms with van der Waals surface area (Å²) in [7, 11) is 0. The van der Waals surface area contributed by atoms with E-state index in [4.69, 9.17) is 0 Å². The van der Waals surface area contributed by atoms with Gasteiger partial charge in [0.15, 0.2) is 0 Å². The average Bonchev–Trinajstić information content (AvgIpc) is 3.41. The van der Waals surface area contributed by atoms with E-state index < -0.39 is 0 Å². The molecule has 2 heterocycles. The Kier molecular flexibility index (Phi) is 5.53. The lowest BCUT2D eigenvalue weighted by Crippen LogP contribution is -2.25. The number of aryl methyl sites for hydroxylation is 1. The fraction of sp³-hybridized carbons (Fsp3) is 0.208. The molecule has 1 aliphatic rings. The Hall–Kier alpha value is -3.03. The lowest BCUT2D eigenvalue weighted by atomic mass is 9.95. The molecule has 5 nitrogen and oxygen atoms in total. The highest BCUT2D eigenvalue weighted by atomic mass is 32.1. The number of carbonyl (C=O) groups excluding carboxylic acids is 2. The van der Waals surface area contributed by atoms with Crippen LogP contribution in [0.25, 0.3) is 10.2 Å². The maximum Gasteiger partial charge on any atom is 0.256 e. The Labute approximate surface area is 188 Å². The van der Waals surface area contributed by atoms with Crippen LogP contribution in [0.2, 0.25) is 0 Å². The number of amides is 2. The number of nitrogens with one attached hydrogen (secondary N) is 2. The summed E-state index contributed by atoms with van der Waals surface area (Å²) in [4.78, 5) is 31.6. The van der Waals surface area contributed by atoms with E-state index >= 15 is 0 Å². The van der Waals surface area contributed by atoms with Crippen LogP contribution in [-0.4, -0.2) is 16.8 Å². The van der Waals surface area contributed by atoms with Crippen molar-refractivity contribution in [1.82, 2.24) is 10.3 Å². The molecule has 156 valence electrons. The number of rotatable bonds is 5. The van der Waals surface area contributed by atoms with E-state index in [1.807, 2.05) is 42.5 Å². The molecule has 2 aromatic carbocycles. The van der Waals surface area contributed by atoms with Gasteiger partial charge in [-0.2, -0.15) is 0 Å². The standard InChI is InChI=1S/C24H21N3O2S2/c28-22(16-10-11-18-20(12-16)30-14-26-18)27-24-21(17-8-4-5-9-19(17)31-24)23(29)25-13-15-6-2-1-3-7-15/h1-3,6-7,10-12,14H,4-5,8-9,13H2,(H,25,29)(H,27,28). The molecule has 0 saturated carbocycles. The van der Waals surface area contributed by atoms with Crippen LogP contribution in [0.1, 0.15) is 49.6 Å². The van der Waals surface area contributed by atoms with Crippen LogP contribution in [0, 0.1) is 0 Å². The van der Waals surface area contributed by atoms with Crippen molar-refractivity contribution in [2.45, 2.75) is 32.2 Å². The molecule has 4 aromatic rings. The molecule has 7 heteroatoms. The first-order valence-electron chi connectivity index (χ1n) is 10.3. The van der Waals surface area contributed by atoms with Gasteiger partial charge in [0.2, 0.25) is 0 Å². The Morgan fingerprint density at radius 3 is 2.71 bits per heavy atom. The van der Waals surface area contributed by atoms with Crippen LogP contribution in [0.4, 0.5) is 5.00 Å². The molecule has 0 fully saturated rings. The van der Waals surface area contributed by atoms with E-state index in [0.717, 1.165) is 47.0 Å². The third-order valence-electron chi connectivity index (χ3n) is 5.51. The lowest BCUT2D eigenvalue weighted by Gasteiger charge is -2.13. The van der Waals surface area contributed by atoms with Crippen molar-refractivity contribution >= 4 is 49.7 Å². The summed E-state index contributed by atoms with van der Waals surface area (Å²) in [6.45, 7) is 0.458. The fourth-order valence-electron chi connectivity index (χ4n) is 3.93. The molecular weight excluding hydrogens is 426 g/mol. The zero-order valence-electron chi connectivity index (χ0n) is 16.8. The van der Waals surface area contributed by atoms with Crippen LogP contribution in [0.3, 0.4) is 0 Å². The highest BCUT2D eigenvalue weighted by Gasteiger charge is 2.26. The van der Waals surface area contributed by atoms with Crippen LogP contribution in [-0.2, 0) is 19.4 Å². The quantitative estimate of drug-likeness (QED) is 0.429. The van der Waals surface area contributed by atoms with Gasteiger partial charge in [0.05, 0.1) is 21.3 Å². The number of hydrogen-bond acceptors (Lipinski definition) is 5. The van der Waals surface area contributed by atoms with E-state index in [9.17, 15) is 9.59 Å². The van der Waals surface area contributed by atoms with E-state index in [-0.39, 0.29) is 11.8 Å². The monoisotopic (exact) mass is 447 g/mol. The number of fused-ring (bicyclic) bond motifs is 2. The largest absolute Gasteiger partial charge is 0.348 e. The zero-order chi connectivity index (χ0) is 21.2. The molecule has 2 aromatic heterocycles. The van der Waals surface area contributed by atoms with Gasteiger partial charge in [-0.05, 0) is 55.0 Å². The minimum Gasteiger partial charge on any atom is -0.348 e. The van der Waals surface area contributed by atoms with Gasteiger partial charge in [-0.1, -0.05) is 30.3 Å². The number of thiazole rings is 1. The first-order valence-corrected chi connectivity index (χ1v) is 12.0. The molecule has 0 atom stereocenters. The number of aromatic nitrogens is 1. The smallest absolute Gasteiger partial charge is 0.256 e. The van der Waals surface area contributed by atoms with Gasteiger partial charge in [0.1, 0.15) is 5.00 Å².